The first-order chi connectivity index (χ1) is 12.6. The second-order valence-corrected chi connectivity index (χ2v) is 8.68. The van der Waals surface area contributed by atoms with Gasteiger partial charge in [0.1, 0.15) is 17.2 Å². The molecule has 0 bridgehead atoms. The van der Waals surface area contributed by atoms with Crippen molar-refractivity contribution in [1.29, 1.82) is 0 Å². The molecular weight excluding hydrogens is 367 g/mol. The van der Waals surface area contributed by atoms with E-state index >= 15 is 0 Å². The number of esters is 1. The van der Waals surface area contributed by atoms with Gasteiger partial charge in [-0.3, -0.25) is 9.69 Å². The van der Waals surface area contributed by atoms with Gasteiger partial charge in [0.05, 0.1) is 6.61 Å². The number of rotatable bonds is 6. The van der Waals surface area contributed by atoms with Crippen LogP contribution in [0.4, 0.5) is 4.79 Å². The van der Waals surface area contributed by atoms with E-state index in [0.29, 0.717) is 19.4 Å². The molecule has 7 nitrogen and oxygen atoms in total. The van der Waals surface area contributed by atoms with Crippen molar-refractivity contribution in [2.45, 2.75) is 57.7 Å². The lowest BCUT2D eigenvalue weighted by Crippen LogP contribution is -2.53. The topological polar surface area (TPSA) is 84.9 Å². The first kappa shape index (κ1) is 21.7. The summed E-state index contributed by atoms with van der Waals surface area (Å²) >= 11 is 0. The lowest BCUT2D eigenvalue weighted by atomic mass is 10.1. The Labute approximate surface area is 163 Å². The van der Waals surface area contributed by atoms with Crippen molar-refractivity contribution in [3.8, 4) is 0 Å². The molecule has 0 radical (unpaired) electrons. The predicted molar refractivity (Wildman–Crippen MR) is 105 cm³/mol. The molecule has 0 aromatic rings. The number of hydrogen-bond acceptors (Lipinski definition) is 5. The number of nitrogens with zero attached hydrogens (tertiary/aromatic N) is 1. The van der Waals surface area contributed by atoms with Crippen molar-refractivity contribution >= 4 is 27.2 Å². The number of amides is 2. The Morgan fingerprint density at radius 1 is 1.37 bits per heavy atom. The van der Waals surface area contributed by atoms with E-state index in [9.17, 15) is 14.4 Å². The molecule has 1 aliphatic carbocycles. The van der Waals surface area contributed by atoms with Crippen LogP contribution in [-0.4, -0.2) is 59.4 Å². The summed E-state index contributed by atoms with van der Waals surface area (Å²) in [6, 6.07) is -0.664. The van der Waals surface area contributed by atoms with Crippen molar-refractivity contribution in [3.05, 3.63) is 12.7 Å². The van der Waals surface area contributed by atoms with Gasteiger partial charge in [-0.2, -0.15) is 0 Å². The van der Waals surface area contributed by atoms with Crippen LogP contribution in [0.2, 0.25) is 0 Å². The van der Waals surface area contributed by atoms with Gasteiger partial charge in [-0.05, 0) is 52.6 Å². The van der Waals surface area contributed by atoms with Gasteiger partial charge in [0, 0.05) is 12.5 Å². The third-order valence-corrected chi connectivity index (χ3v) is 5.60. The van der Waals surface area contributed by atoms with Crippen LogP contribution < -0.4 is 5.32 Å². The van der Waals surface area contributed by atoms with E-state index in [1.165, 1.54) is 4.90 Å². The van der Waals surface area contributed by atoms with Gasteiger partial charge in [-0.25, -0.2) is 9.59 Å². The Hall–Kier alpha value is -1.62. The molecule has 1 aliphatic heterocycles. The second-order valence-electron chi connectivity index (χ2n) is 8.21. The standard InChI is InChI=1S/C19H31N2O5P/c1-6-13-9-19(13,16(23)25-7-2)20-15(22)14-8-12(11-27)10-21(14)17(24)26-18(3,4)5/h6,12-14H,1,7-11,27H2,2-5H3,(H,20,22)/t12-,13-,14+,19-/m1/s1. The zero-order chi connectivity index (χ0) is 20.4. The summed E-state index contributed by atoms with van der Waals surface area (Å²) in [5.41, 5.74) is -1.71. The summed E-state index contributed by atoms with van der Waals surface area (Å²) in [5.74, 6) is -0.771. The maximum absolute atomic E-state index is 13.0. The van der Waals surface area contributed by atoms with E-state index in [1.807, 2.05) is 0 Å². The molecule has 27 heavy (non-hydrogen) atoms. The van der Waals surface area contributed by atoms with Gasteiger partial charge in [0.15, 0.2) is 0 Å². The molecule has 1 saturated heterocycles. The minimum Gasteiger partial charge on any atom is -0.464 e. The number of carbonyl (C=O) groups excluding carboxylic acids is 3. The highest BCUT2D eigenvalue weighted by Crippen LogP contribution is 2.45. The quantitative estimate of drug-likeness (QED) is 0.421. The maximum atomic E-state index is 13.0. The van der Waals surface area contributed by atoms with Crippen molar-refractivity contribution in [3.63, 3.8) is 0 Å². The molecule has 0 aromatic carbocycles. The minimum absolute atomic E-state index is 0.158. The molecule has 5 atom stereocenters. The van der Waals surface area contributed by atoms with Gasteiger partial charge in [-0.1, -0.05) is 6.08 Å². The first-order valence-electron chi connectivity index (χ1n) is 9.39. The monoisotopic (exact) mass is 398 g/mol. The highest BCUT2D eigenvalue weighted by atomic mass is 31.0. The van der Waals surface area contributed by atoms with Crippen LogP contribution in [0.15, 0.2) is 12.7 Å². The Kier molecular flexibility index (Phi) is 6.56. The van der Waals surface area contributed by atoms with Crippen LogP contribution in [0.5, 0.6) is 0 Å². The zero-order valence-corrected chi connectivity index (χ0v) is 17.8. The van der Waals surface area contributed by atoms with Gasteiger partial charge in [0.25, 0.3) is 0 Å². The van der Waals surface area contributed by atoms with Crippen LogP contribution in [0, 0.1) is 11.8 Å². The molecule has 0 aromatic heterocycles. The van der Waals surface area contributed by atoms with Gasteiger partial charge in [-0.15, -0.1) is 15.8 Å². The van der Waals surface area contributed by atoms with E-state index in [2.05, 4.69) is 21.1 Å². The zero-order valence-electron chi connectivity index (χ0n) is 16.6. The molecule has 2 amide bonds. The number of carbonyl (C=O) groups is 3. The number of ether oxygens (including phenoxy) is 2. The van der Waals surface area contributed by atoms with Crippen molar-refractivity contribution in [2.24, 2.45) is 11.8 Å². The number of nitrogens with one attached hydrogen (secondary N) is 1. The van der Waals surface area contributed by atoms with E-state index in [0.717, 1.165) is 6.16 Å². The third kappa shape index (κ3) is 4.81. The molecule has 1 unspecified atom stereocenters. The van der Waals surface area contributed by atoms with Crippen LogP contribution >= 0.6 is 9.24 Å². The molecule has 0 spiro atoms. The molecular formula is C19H31N2O5P. The Morgan fingerprint density at radius 2 is 2.04 bits per heavy atom. The van der Waals surface area contributed by atoms with E-state index < -0.39 is 29.2 Å². The second kappa shape index (κ2) is 8.17. The Morgan fingerprint density at radius 3 is 2.52 bits per heavy atom. The summed E-state index contributed by atoms with van der Waals surface area (Å²) in [4.78, 5) is 39.4. The molecule has 8 heteroatoms. The van der Waals surface area contributed by atoms with Gasteiger partial charge >= 0.3 is 12.1 Å². The summed E-state index contributed by atoms with van der Waals surface area (Å²) in [6.07, 6.45) is 2.93. The van der Waals surface area contributed by atoms with Gasteiger partial charge in [0.2, 0.25) is 5.91 Å². The lowest BCUT2D eigenvalue weighted by molar-refractivity contribution is -0.149. The molecule has 152 valence electrons. The third-order valence-electron chi connectivity index (χ3n) is 4.94. The average Bonchev–Trinajstić information content (AvgIpc) is 3.11. The molecule has 1 heterocycles. The maximum Gasteiger partial charge on any atom is 0.410 e. The predicted octanol–water partition coefficient (Wildman–Crippen LogP) is 2.11. The van der Waals surface area contributed by atoms with E-state index in [-0.39, 0.29) is 24.3 Å². The molecule has 2 fully saturated rings. The van der Waals surface area contributed by atoms with E-state index in [4.69, 9.17) is 9.47 Å². The van der Waals surface area contributed by atoms with Crippen LogP contribution in [0.3, 0.4) is 0 Å². The number of hydrogen-bond donors (Lipinski definition) is 1. The molecule has 1 saturated carbocycles. The summed E-state index contributed by atoms with van der Waals surface area (Å²) in [6.45, 7) is 11.5. The highest BCUT2D eigenvalue weighted by molar-refractivity contribution is 7.16. The normalized spacial score (nSPS) is 29.8. The van der Waals surface area contributed by atoms with Gasteiger partial charge < -0.3 is 14.8 Å². The van der Waals surface area contributed by atoms with Crippen LogP contribution in [0.25, 0.3) is 0 Å². The van der Waals surface area contributed by atoms with Crippen molar-refractivity contribution in [2.75, 3.05) is 19.3 Å². The largest absolute Gasteiger partial charge is 0.464 e. The summed E-state index contributed by atoms with van der Waals surface area (Å²) in [5, 5.41) is 2.85. The Balaban J connectivity index is 2.15. The van der Waals surface area contributed by atoms with E-state index in [1.54, 1.807) is 33.8 Å². The number of likely N-dealkylation sites (tertiary alicyclic amines) is 1. The Bertz CT molecular complexity index is 618. The minimum atomic E-state index is -1.06. The van der Waals surface area contributed by atoms with Crippen LogP contribution in [-0.2, 0) is 19.1 Å². The lowest BCUT2D eigenvalue weighted by Gasteiger charge is -2.29. The summed E-state index contributed by atoms with van der Waals surface area (Å²) in [7, 11) is 2.66. The molecule has 2 rings (SSSR count). The molecule has 2 aliphatic rings. The fourth-order valence-electron chi connectivity index (χ4n) is 3.43. The van der Waals surface area contributed by atoms with Crippen LogP contribution in [0.1, 0.15) is 40.5 Å². The smallest absolute Gasteiger partial charge is 0.410 e. The fourth-order valence-corrected chi connectivity index (χ4v) is 3.77. The summed E-state index contributed by atoms with van der Waals surface area (Å²) < 4.78 is 10.6. The van der Waals surface area contributed by atoms with Crippen molar-refractivity contribution < 1.29 is 23.9 Å². The van der Waals surface area contributed by atoms with Crippen molar-refractivity contribution in [1.82, 2.24) is 10.2 Å². The fraction of sp³-hybridized carbons (Fsp3) is 0.737. The SMILES string of the molecule is C=C[C@@H]1C[C@]1(NC(=O)[C@@H]1C[C@@H](CP)CN1C(=O)OC(C)(C)C)C(=O)OCC. The highest BCUT2D eigenvalue weighted by Gasteiger charge is 2.62. The molecule has 1 N–H and O–H groups in total. The first-order valence-corrected chi connectivity index (χ1v) is 10.2. The average molecular weight is 398 g/mol.